The third-order valence-corrected chi connectivity index (χ3v) is 8.28. The Labute approximate surface area is 198 Å². The maximum Gasteiger partial charge on any atom is 0.251 e. The van der Waals surface area contributed by atoms with Crippen LogP contribution >= 0.6 is 0 Å². The largest absolute Gasteiger partial charge is 0.352 e. The smallest absolute Gasteiger partial charge is 0.251 e. The third-order valence-electron chi connectivity index (χ3n) is 8.28. The lowest BCUT2D eigenvalue weighted by Gasteiger charge is -2.43. The molecule has 0 radical (unpaired) electrons. The van der Waals surface area contributed by atoms with Gasteiger partial charge in [-0.25, -0.2) is 0 Å². The van der Waals surface area contributed by atoms with Crippen molar-refractivity contribution in [2.24, 2.45) is 11.8 Å². The van der Waals surface area contributed by atoms with Crippen molar-refractivity contribution in [1.82, 2.24) is 20.1 Å². The summed E-state index contributed by atoms with van der Waals surface area (Å²) in [4.78, 5) is 22.6. The highest BCUT2D eigenvalue weighted by Crippen LogP contribution is 2.27. The summed E-state index contributed by atoms with van der Waals surface area (Å²) in [6.07, 6.45) is 14.2. The van der Waals surface area contributed by atoms with E-state index in [1.807, 2.05) is 30.3 Å². The Kier molecular flexibility index (Phi) is 7.57. The number of carbonyl (C=O) groups is 1. The number of nitrogens with zero attached hydrogens (tertiary/aromatic N) is 3. The van der Waals surface area contributed by atoms with Gasteiger partial charge in [-0.05, 0) is 94.3 Å². The van der Waals surface area contributed by atoms with Crippen molar-refractivity contribution in [3.05, 3.63) is 42.1 Å². The van der Waals surface area contributed by atoms with Gasteiger partial charge in [-0.1, -0.05) is 25.3 Å². The molecular weight excluding hydrogens is 408 g/mol. The van der Waals surface area contributed by atoms with Gasteiger partial charge in [0.1, 0.15) is 0 Å². The lowest BCUT2D eigenvalue weighted by Crippen LogP contribution is -2.50. The fourth-order valence-electron chi connectivity index (χ4n) is 6.35. The monoisotopic (exact) mass is 448 g/mol. The van der Waals surface area contributed by atoms with Crippen LogP contribution in [0.25, 0.3) is 10.9 Å². The molecule has 2 aromatic rings. The lowest BCUT2D eigenvalue weighted by molar-refractivity contribution is 0.0627. The number of piperidine rings is 2. The van der Waals surface area contributed by atoms with Crippen LogP contribution in [-0.2, 0) is 0 Å². The predicted molar refractivity (Wildman–Crippen MR) is 134 cm³/mol. The van der Waals surface area contributed by atoms with Gasteiger partial charge in [0.2, 0.25) is 0 Å². The summed E-state index contributed by atoms with van der Waals surface area (Å²) in [7, 11) is 0. The molecule has 1 N–H and O–H groups in total. The van der Waals surface area contributed by atoms with Crippen LogP contribution in [0.5, 0.6) is 0 Å². The van der Waals surface area contributed by atoms with Crippen molar-refractivity contribution in [3.8, 4) is 0 Å². The van der Waals surface area contributed by atoms with E-state index in [0.29, 0.717) is 5.92 Å². The van der Waals surface area contributed by atoms with Crippen LogP contribution in [-0.4, -0.2) is 66.0 Å². The number of hydrogen-bond donors (Lipinski definition) is 1. The Morgan fingerprint density at radius 1 is 0.939 bits per heavy atom. The molecule has 2 aliphatic heterocycles. The quantitative estimate of drug-likeness (QED) is 0.695. The maximum atomic E-state index is 12.8. The van der Waals surface area contributed by atoms with Crippen molar-refractivity contribution in [1.29, 1.82) is 0 Å². The van der Waals surface area contributed by atoms with E-state index in [1.54, 1.807) is 6.20 Å². The topological polar surface area (TPSA) is 48.5 Å². The maximum absolute atomic E-state index is 12.8. The molecule has 3 aliphatic rings. The molecule has 1 aromatic carbocycles. The van der Waals surface area contributed by atoms with E-state index in [2.05, 4.69) is 20.1 Å². The molecule has 1 atom stereocenters. The Morgan fingerprint density at radius 3 is 2.61 bits per heavy atom. The average molecular weight is 449 g/mol. The number of nitrogens with one attached hydrogen (secondary N) is 1. The Morgan fingerprint density at radius 2 is 1.76 bits per heavy atom. The summed E-state index contributed by atoms with van der Waals surface area (Å²) in [6.45, 7) is 7.03. The van der Waals surface area contributed by atoms with Crippen molar-refractivity contribution >= 4 is 16.8 Å². The first-order chi connectivity index (χ1) is 16.2. The summed E-state index contributed by atoms with van der Waals surface area (Å²) in [5, 5.41) is 4.23. The van der Waals surface area contributed by atoms with E-state index in [4.69, 9.17) is 0 Å². The standard InChI is InChI=1S/C28H40N4O/c33-28(25-10-11-27-24(18-25)9-4-14-29-27)30-19-23-8-5-15-32(21-23)26-12-16-31(17-13-26)20-22-6-2-1-3-7-22/h4,9-11,14,18,22-23,26H,1-3,5-8,12-13,15-17,19-21H2,(H,30,33). The molecule has 1 saturated carbocycles. The van der Waals surface area contributed by atoms with E-state index in [9.17, 15) is 4.79 Å². The number of benzene rings is 1. The van der Waals surface area contributed by atoms with E-state index < -0.39 is 0 Å². The summed E-state index contributed by atoms with van der Waals surface area (Å²) < 4.78 is 0. The third kappa shape index (κ3) is 5.93. The molecule has 178 valence electrons. The highest BCUT2D eigenvalue weighted by Gasteiger charge is 2.30. The van der Waals surface area contributed by atoms with E-state index in [-0.39, 0.29) is 5.91 Å². The van der Waals surface area contributed by atoms with Gasteiger partial charge in [-0.2, -0.15) is 0 Å². The van der Waals surface area contributed by atoms with Gasteiger partial charge in [0.25, 0.3) is 5.91 Å². The minimum absolute atomic E-state index is 0.0360. The number of hydrogen-bond acceptors (Lipinski definition) is 4. The van der Waals surface area contributed by atoms with Gasteiger partial charge in [-0.15, -0.1) is 0 Å². The summed E-state index contributed by atoms with van der Waals surface area (Å²) in [5.74, 6) is 1.55. The second kappa shape index (κ2) is 11.0. The fourth-order valence-corrected chi connectivity index (χ4v) is 6.35. The highest BCUT2D eigenvalue weighted by molar-refractivity contribution is 5.97. The number of pyridine rings is 1. The minimum atomic E-state index is 0.0360. The Bertz CT molecular complexity index is 917. The normalized spacial score (nSPS) is 24.2. The number of likely N-dealkylation sites (tertiary alicyclic amines) is 2. The number of aromatic nitrogens is 1. The fraction of sp³-hybridized carbons (Fsp3) is 0.643. The molecule has 1 aliphatic carbocycles. The van der Waals surface area contributed by atoms with Gasteiger partial charge in [0.05, 0.1) is 5.52 Å². The second-order valence-electron chi connectivity index (χ2n) is 10.7. The first-order valence-electron chi connectivity index (χ1n) is 13.3. The molecule has 0 bridgehead atoms. The Hall–Kier alpha value is -1.98. The van der Waals surface area contributed by atoms with E-state index in [0.717, 1.165) is 41.5 Å². The Balaban J connectivity index is 1.07. The zero-order valence-corrected chi connectivity index (χ0v) is 20.1. The number of carbonyl (C=O) groups excluding carboxylic acids is 1. The minimum Gasteiger partial charge on any atom is -0.352 e. The first kappa shape index (κ1) is 22.8. The van der Waals surface area contributed by atoms with Gasteiger partial charge in [0.15, 0.2) is 0 Å². The molecule has 1 aromatic heterocycles. The van der Waals surface area contributed by atoms with Crippen LogP contribution in [0.1, 0.15) is 68.1 Å². The zero-order valence-electron chi connectivity index (χ0n) is 20.1. The van der Waals surface area contributed by atoms with Crippen molar-refractivity contribution in [3.63, 3.8) is 0 Å². The molecule has 5 nitrogen and oxygen atoms in total. The van der Waals surface area contributed by atoms with Crippen LogP contribution in [0.2, 0.25) is 0 Å². The summed E-state index contributed by atoms with van der Waals surface area (Å²) >= 11 is 0. The highest BCUT2D eigenvalue weighted by atomic mass is 16.1. The molecular formula is C28H40N4O. The first-order valence-corrected chi connectivity index (χ1v) is 13.3. The molecule has 5 heteroatoms. The number of amides is 1. The molecule has 3 fully saturated rings. The summed E-state index contributed by atoms with van der Waals surface area (Å²) in [6, 6.07) is 10.4. The molecule has 3 heterocycles. The van der Waals surface area contributed by atoms with Gasteiger partial charge in [0, 0.05) is 42.8 Å². The molecule has 1 unspecified atom stereocenters. The second-order valence-corrected chi connectivity index (χ2v) is 10.7. The van der Waals surface area contributed by atoms with Gasteiger partial charge < -0.3 is 10.2 Å². The molecule has 33 heavy (non-hydrogen) atoms. The van der Waals surface area contributed by atoms with Crippen LogP contribution < -0.4 is 5.32 Å². The SMILES string of the molecule is O=C(NCC1CCCN(C2CCN(CC3CCCCC3)CC2)C1)c1ccc2ncccc2c1. The van der Waals surface area contributed by atoms with Gasteiger partial charge in [-0.3, -0.25) is 14.7 Å². The van der Waals surface area contributed by atoms with Crippen LogP contribution in [0, 0.1) is 11.8 Å². The van der Waals surface area contributed by atoms with E-state index >= 15 is 0 Å². The van der Waals surface area contributed by atoms with Crippen molar-refractivity contribution < 1.29 is 4.79 Å². The predicted octanol–water partition coefficient (Wildman–Crippen LogP) is 4.72. The summed E-state index contributed by atoms with van der Waals surface area (Å²) in [5.41, 5.74) is 1.66. The molecule has 1 amide bonds. The molecule has 2 saturated heterocycles. The van der Waals surface area contributed by atoms with Crippen LogP contribution in [0.15, 0.2) is 36.5 Å². The van der Waals surface area contributed by atoms with E-state index in [1.165, 1.54) is 84.0 Å². The van der Waals surface area contributed by atoms with Crippen molar-refractivity contribution in [2.75, 3.05) is 39.3 Å². The molecule has 0 spiro atoms. The number of rotatable bonds is 6. The number of fused-ring (bicyclic) bond motifs is 1. The lowest BCUT2D eigenvalue weighted by atomic mass is 9.88. The zero-order chi connectivity index (χ0) is 22.5. The van der Waals surface area contributed by atoms with Gasteiger partial charge >= 0.3 is 0 Å². The molecule has 5 rings (SSSR count). The van der Waals surface area contributed by atoms with Crippen molar-refractivity contribution in [2.45, 2.75) is 63.8 Å². The van der Waals surface area contributed by atoms with Crippen LogP contribution in [0.3, 0.4) is 0 Å². The van der Waals surface area contributed by atoms with Crippen LogP contribution in [0.4, 0.5) is 0 Å². The average Bonchev–Trinajstić information content (AvgIpc) is 2.88.